The zero-order valence-electron chi connectivity index (χ0n) is 21.1. The van der Waals surface area contributed by atoms with Crippen LogP contribution in [0.4, 0.5) is 15.0 Å². The van der Waals surface area contributed by atoms with Gasteiger partial charge in [-0.25, -0.2) is 14.8 Å². The second kappa shape index (κ2) is 12.8. The first-order valence-electron chi connectivity index (χ1n) is 12.0. The van der Waals surface area contributed by atoms with E-state index in [1.807, 2.05) is 0 Å². The van der Waals surface area contributed by atoms with E-state index in [0.717, 1.165) is 6.42 Å². The second-order valence-electron chi connectivity index (χ2n) is 9.22. The fourth-order valence-electron chi connectivity index (χ4n) is 3.79. The molecule has 200 valence electrons. The molecular weight excluding hydrogens is 473 g/mol. The Labute approximate surface area is 209 Å². The molecule has 0 bridgehead atoms. The number of methoxy groups -OCH3 is 1. The van der Waals surface area contributed by atoms with Crippen LogP contribution in [0.25, 0.3) is 11.2 Å². The molecule has 3 heterocycles. The van der Waals surface area contributed by atoms with Gasteiger partial charge in [-0.2, -0.15) is 0 Å². The molecule has 2 amide bonds. The quantitative estimate of drug-likeness (QED) is 0.271. The number of nitrogens with zero attached hydrogens (tertiary/aromatic N) is 4. The summed E-state index contributed by atoms with van der Waals surface area (Å²) in [5.74, 6) is 0.397. The van der Waals surface area contributed by atoms with Gasteiger partial charge in [0.05, 0.1) is 31.6 Å². The van der Waals surface area contributed by atoms with Gasteiger partial charge in [0.25, 0.3) is 5.91 Å². The number of halogens is 1. The Morgan fingerprint density at radius 3 is 2.86 bits per heavy atom. The molecule has 1 saturated heterocycles. The summed E-state index contributed by atoms with van der Waals surface area (Å²) in [4.78, 5) is 35.8. The lowest BCUT2D eigenvalue weighted by molar-refractivity contribution is 0.0212. The lowest BCUT2D eigenvalue weighted by Gasteiger charge is -2.24. The number of rotatable bonds is 13. The highest BCUT2D eigenvalue weighted by molar-refractivity contribution is 6.04. The molecule has 3 rings (SSSR count). The predicted octanol–water partition coefficient (Wildman–Crippen LogP) is 1.71. The monoisotopic (exact) mass is 509 g/mol. The zero-order valence-corrected chi connectivity index (χ0v) is 21.1. The molecule has 36 heavy (non-hydrogen) atoms. The van der Waals surface area contributed by atoms with E-state index in [9.17, 15) is 14.0 Å². The summed E-state index contributed by atoms with van der Waals surface area (Å²) < 4.78 is 29.8. The lowest BCUT2D eigenvalue weighted by atomic mass is 10.1. The van der Waals surface area contributed by atoms with Crippen molar-refractivity contribution in [3.8, 4) is 0 Å². The van der Waals surface area contributed by atoms with Crippen molar-refractivity contribution < 1.29 is 28.2 Å². The van der Waals surface area contributed by atoms with Crippen LogP contribution < -0.4 is 16.4 Å². The van der Waals surface area contributed by atoms with Crippen LogP contribution in [0.15, 0.2) is 12.4 Å². The number of amides is 2. The summed E-state index contributed by atoms with van der Waals surface area (Å²) in [5.41, 5.74) is 6.00. The van der Waals surface area contributed by atoms with Crippen LogP contribution in [0, 0.1) is 5.92 Å². The minimum atomic E-state index is -1.03. The number of nitrogens with two attached hydrogens (primary N) is 1. The maximum absolute atomic E-state index is 12.8. The Hall–Kier alpha value is -3.03. The summed E-state index contributed by atoms with van der Waals surface area (Å²) >= 11 is 0. The zero-order chi connectivity index (χ0) is 26.1. The van der Waals surface area contributed by atoms with Gasteiger partial charge in [-0.1, -0.05) is 0 Å². The van der Waals surface area contributed by atoms with E-state index >= 15 is 0 Å². The van der Waals surface area contributed by atoms with E-state index in [1.165, 1.54) is 0 Å². The third-order valence-electron chi connectivity index (χ3n) is 5.52. The number of likely N-dealkylation sites (tertiary alicyclic amines) is 1. The van der Waals surface area contributed by atoms with E-state index in [2.05, 4.69) is 20.6 Å². The van der Waals surface area contributed by atoms with Crippen LogP contribution in [0.5, 0.6) is 0 Å². The molecule has 1 atom stereocenters. The van der Waals surface area contributed by atoms with Crippen molar-refractivity contribution >= 4 is 29.0 Å². The van der Waals surface area contributed by atoms with Crippen molar-refractivity contribution in [2.24, 2.45) is 11.7 Å². The molecule has 12 nitrogen and oxygen atoms in total. The smallest absolute Gasteiger partial charge is 0.411 e. The lowest BCUT2D eigenvalue weighted by Crippen LogP contribution is -2.42. The standard InChI is InChI=1S/C23H36FN7O5/c1-23(2,25)36-22(33)30-8-5-16(13-30)11-27-18-12-28-20-19(29-18)17(21(32)26-7-10-34-3)14-31(20)15-35-9-4-6-24/h12,14,16H,4-11,13,15,25H2,1-3H3,(H,26,32)(H,27,29). The Kier molecular flexibility index (Phi) is 9.79. The molecule has 0 aromatic carbocycles. The van der Waals surface area contributed by atoms with Crippen LogP contribution >= 0.6 is 0 Å². The SMILES string of the molecule is COCCNC(=O)c1cn(COCCCF)c2ncc(NCC3CCN(C(=O)OC(C)(C)N)C3)nc12. The topological polar surface area (TPSA) is 146 Å². The van der Waals surface area contributed by atoms with E-state index in [1.54, 1.807) is 42.8 Å². The molecule has 2 aromatic rings. The van der Waals surface area contributed by atoms with Crippen LogP contribution in [-0.4, -0.2) is 90.3 Å². The fraction of sp³-hybridized carbons (Fsp3) is 0.652. The molecule has 0 saturated carbocycles. The normalized spacial score (nSPS) is 15.9. The molecule has 1 aliphatic heterocycles. The summed E-state index contributed by atoms with van der Waals surface area (Å²) in [6.07, 6.45) is 3.90. The van der Waals surface area contributed by atoms with Crippen molar-refractivity contribution in [2.75, 3.05) is 58.5 Å². The van der Waals surface area contributed by atoms with Gasteiger partial charge in [-0.05, 0) is 32.6 Å². The average molecular weight is 510 g/mol. The van der Waals surface area contributed by atoms with Crippen LogP contribution in [0.2, 0.25) is 0 Å². The van der Waals surface area contributed by atoms with Crippen LogP contribution in [0.3, 0.4) is 0 Å². The summed E-state index contributed by atoms with van der Waals surface area (Å²) in [7, 11) is 1.56. The Balaban J connectivity index is 1.68. The van der Waals surface area contributed by atoms with Crippen molar-refractivity contribution in [1.82, 2.24) is 24.8 Å². The van der Waals surface area contributed by atoms with Crippen molar-refractivity contribution in [3.63, 3.8) is 0 Å². The maximum atomic E-state index is 12.8. The van der Waals surface area contributed by atoms with Gasteiger partial charge in [0.15, 0.2) is 11.4 Å². The van der Waals surface area contributed by atoms with E-state index in [4.69, 9.17) is 19.9 Å². The highest BCUT2D eigenvalue weighted by atomic mass is 19.1. The molecule has 13 heteroatoms. The third kappa shape index (κ3) is 7.73. The van der Waals surface area contributed by atoms with Crippen LogP contribution in [0.1, 0.15) is 37.0 Å². The van der Waals surface area contributed by atoms with Gasteiger partial charge in [0, 0.05) is 39.5 Å². The van der Waals surface area contributed by atoms with Crippen LogP contribution in [-0.2, 0) is 20.9 Å². The number of hydrogen-bond acceptors (Lipinski definition) is 9. The number of nitrogens with one attached hydrogen (secondary N) is 2. The molecule has 2 aromatic heterocycles. The number of fused-ring (bicyclic) bond motifs is 1. The maximum Gasteiger partial charge on any atom is 0.411 e. The molecule has 1 aliphatic rings. The first-order chi connectivity index (χ1) is 17.2. The highest BCUT2D eigenvalue weighted by Gasteiger charge is 2.30. The number of carbonyl (C=O) groups is 2. The summed E-state index contributed by atoms with van der Waals surface area (Å²) in [6, 6.07) is 0. The second-order valence-corrected chi connectivity index (χ2v) is 9.22. The van der Waals surface area contributed by atoms with E-state index in [0.29, 0.717) is 61.8 Å². The third-order valence-corrected chi connectivity index (χ3v) is 5.52. The summed E-state index contributed by atoms with van der Waals surface area (Å²) in [6.45, 7) is 5.60. The van der Waals surface area contributed by atoms with Crippen molar-refractivity contribution in [3.05, 3.63) is 18.0 Å². The number of aromatic nitrogens is 3. The number of alkyl halides is 1. The predicted molar refractivity (Wildman–Crippen MR) is 131 cm³/mol. The molecule has 1 unspecified atom stereocenters. The molecular formula is C23H36FN7O5. The minimum Gasteiger partial charge on any atom is -0.428 e. The fourth-order valence-corrected chi connectivity index (χ4v) is 3.79. The average Bonchev–Trinajstić information content (AvgIpc) is 3.44. The van der Waals surface area contributed by atoms with Gasteiger partial charge < -0.3 is 34.3 Å². The molecule has 1 fully saturated rings. The van der Waals surface area contributed by atoms with Gasteiger partial charge in [-0.3, -0.25) is 14.9 Å². The van der Waals surface area contributed by atoms with Gasteiger partial charge >= 0.3 is 6.09 Å². The first kappa shape index (κ1) is 27.6. The van der Waals surface area contributed by atoms with Gasteiger partial charge in [0.2, 0.25) is 0 Å². The highest BCUT2D eigenvalue weighted by Crippen LogP contribution is 2.22. The molecule has 0 aliphatic carbocycles. The largest absolute Gasteiger partial charge is 0.428 e. The van der Waals surface area contributed by atoms with Gasteiger partial charge in [-0.15, -0.1) is 0 Å². The summed E-state index contributed by atoms with van der Waals surface area (Å²) in [5, 5.41) is 6.06. The van der Waals surface area contributed by atoms with E-state index < -0.39 is 18.5 Å². The molecule has 4 N–H and O–H groups in total. The van der Waals surface area contributed by atoms with Crippen molar-refractivity contribution in [1.29, 1.82) is 0 Å². The van der Waals surface area contributed by atoms with Gasteiger partial charge in [0.1, 0.15) is 18.1 Å². The first-order valence-corrected chi connectivity index (χ1v) is 12.0. The number of hydrogen-bond donors (Lipinski definition) is 3. The molecule has 0 radical (unpaired) electrons. The Morgan fingerprint density at radius 2 is 2.14 bits per heavy atom. The number of carbonyl (C=O) groups excluding carboxylic acids is 2. The number of anilines is 1. The number of ether oxygens (including phenoxy) is 3. The van der Waals surface area contributed by atoms with Crippen molar-refractivity contribution in [2.45, 2.75) is 39.1 Å². The Bertz CT molecular complexity index is 1030. The van der Waals surface area contributed by atoms with E-state index in [-0.39, 0.29) is 25.2 Å². The molecule has 0 spiro atoms. The minimum absolute atomic E-state index is 0.122. The Morgan fingerprint density at radius 1 is 1.33 bits per heavy atom.